The van der Waals surface area contributed by atoms with E-state index in [0.29, 0.717) is 35.6 Å². The van der Waals surface area contributed by atoms with Gasteiger partial charge in [0.15, 0.2) is 0 Å². The summed E-state index contributed by atoms with van der Waals surface area (Å²) in [7, 11) is 1.79. The van der Waals surface area contributed by atoms with E-state index in [1.807, 2.05) is 6.20 Å². The first-order valence-corrected chi connectivity index (χ1v) is 10.5. The zero-order valence-corrected chi connectivity index (χ0v) is 17.4. The van der Waals surface area contributed by atoms with E-state index in [4.69, 9.17) is 31.2 Å². The fourth-order valence-corrected chi connectivity index (χ4v) is 4.64. The van der Waals surface area contributed by atoms with E-state index < -0.39 is 0 Å². The predicted molar refractivity (Wildman–Crippen MR) is 111 cm³/mol. The summed E-state index contributed by atoms with van der Waals surface area (Å²) in [5, 5.41) is 9.70. The molecule has 0 amide bonds. The summed E-state index contributed by atoms with van der Waals surface area (Å²) < 4.78 is 15.7. The molecule has 0 saturated heterocycles. The Bertz CT molecular complexity index is 1040. The van der Waals surface area contributed by atoms with Crippen LogP contribution in [0.5, 0.6) is 5.88 Å². The standard InChI is InChI=1S/C20H25ClN6O2/c1-12-17-19(25-27(12)13-4-6-14(28-2)7-5-13)29-9-3-8-26-11-16(21)15-10-22-20(23-17)24-18(15)26/h10-11,13-14H,3-9H2,1-2H3,(H,22,23,24). The molecule has 29 heavy (non-hydrogen) atoms. The van der Waals surface area contributed by atoms with Crippen LogP contribution in [-0.4, -0.2) is 44.1 Å². The highest BCUT2D eigenvalue weighted by atomic mass is 35.5. The van der Waals surface area contributed by atoms with E-state index in [9.17, 15) is 0 Å². The zero-order valence-electron chi connectivity index (χ0n) is 16.7. The third kappa shape index (κ3) is 3.34. The molecule has 154 valence electrons. The van der Waals surface area contributed by atoms with Gasteiger partial charge in [-0.3, -0.25) is 4.68 Å². The second kappa shape index (κ2) is 7.50. The fraction of sp³-hybridized carbons (Fsp3) is 0.550. The molecule has 3 aromatic rings. The van der Waals surface area contributed by atoms with Crippen molar-refractivity contribution in [2.45, 2.75) is 57.7 Å². The van der Waals surface area contributed by atoms with E-state index >= 15 is 0 Å². The largest absolute Gasteiger partial charge is 0.475 e. The number of nitrogens with one attached hydrogen (secondary N) is 1. The van der Waals surface area contributed by atoms with E-state index in [-0.39, 0.29) is 0 Å². The molecule has 1 aliphatic heterocycles. The van der Waals surface area contributed by atoms with Crippen LogP contribution in [0.2, 0.25) is 5.02 Å². The van der Waals surface area contributed by atoms with Crippen molar-refractivity contribution >= 4 is 34.3 Å². The van der Waals surface area contributed by atoms with Gasteiger partial charge in [-0.1, -0.05) is 11.6 Å². The number of anilines is 2. The SMILES string of the molecule is COC1CCC(n2nc3c(c2C)Nc2ncc4c(Cl)cn(c4n2)CCCO3)CC1. The third-order valence-corrected chi connectivity index (χ3v) is 6.33. The van der Waals surface area contributed by atoms with Gasteiger partial charge in [-0.05, 0) is 39.0 Å². The average molecular weight is 417 g/mol. The summed E-state index contributed by atoms with van der Waals surface area (Å²) in [6.07, 6.45) is 9.08. The number of rotatable bonds is 2. The average Bonchev–Trinajstić information content (AvgIpc) is 3.21. The Morgan fingerprint density at radius 1 is 1.28 bits per heavy atom. The van der Waals surface area contributed by atoms with Gasteiger partial charge in [0.05, 0.1) is 34.9 Å². The maximum atomic E-state index is 6.34. The van der Waals surface area contributed by atoms with Gasteiger partial charge in [-0.2, -0.15) is 4.98 Å². The van der Waals surface area contributed by atoms with Crippen molar-refractivity contribution in [2.24, 2.45) is 0 Å². The van der Waals surface area contributed by atoms with Crippen LogP contribution in [0.15, 0.2) is 12.4 Å². The van der Waals surface area contributed by atoms with E-state index in [0.717, 1.165) is 61.1 Å². The van der Waals surface area contributed by atoms with Crippen molar-refractivity contribution in [2.75, 3.05) is 19.0 Å². The molecule has 0 spiro atoms. The topological polar surface area (TPSA) is 79.0 Å². The van der Waals surface area contributed by atoms with Crippen LogP contribution < -0.4 is 10.1 Å². The van der Waals surface area contributed by atoms with Gasteiger partial charge in [0.2, 0.25) is 5.95 Å². The van der Waals surface area contributed by atoms with Crippen LogP contribution in [0.3, 0.4) is 0 Å². The number of methoxy groups -OCH3 is 1. The molecule has 2 bridgehead atoms. The van der Waals surface area contributed by atoms with Gasteiger partial charge in [0.1, 0.15) is 11.3 Å². The molecule has 0 atom stereocenters. The number of hydrogen-bond acceptors (Lipinski definition) is 6. The lowest BCUT2D eigenvalue weighted by molar-refractivity contribution is 0.0563. The molecule has 1 aliphatic carbocycles. The van der Waals surface area contributed by atoms with Crippen LogP contribution in [0, 0.1) is 6.92 Å². The quantitative estimate of drug-likeness (QED) is 0.672. The molecule has 4 heterocycles. The number of aromatic nitrogens is 5. The van der Waals surface area contributed by atoms with Crippen LogP contribution in [0.25, 0.3) is 11.0 Å². The molecular formula is C20H25ClN6O2. The number of hydrogen-bond donors (Lipinski definition) is 1. The van der Waals surface area contributed by atoms with Crippen LogP contribution in [-0.2, 0) is 11.3 Å². The lowest BCUT2D eigenvalue weighted by Gasteiger charge is -2.28. The van der Waals surface area contributed by atoms with Gasteiger partial charge < -0.3 is 19.4 Å². The molecule has 1 saturated carbocycles. The Balaban J connectivity index is 1.51. The molecule has 2 aliphatic rings. The van der Waals surface area contributed by atoms with Crippen molar-refractivity contribution in [1.29, 1.82) is 0 Å². The lowest BCUT2D eigenvalue weighted by Crippen LogP contribution is -2.24. The molecule has 0 aromatic carbocycles. The van der Waals surface area contributed by atoms with Crippen LogP contribution in [0.4, 0.5) is 11.6 Å². The lowest BCUT2D eigenvalue weighted by atomic mass is 9.93. The molecule has 5 rings (SSSR count). The van der Waals surface area contributed by atoms with Crippen LogP contribution in [0.1, 0.15) is 43.8 Å². The Hall–Kier alpha value is -2.32. The Morgan fingerprint density at radius 3 is 2.90 bits per heavy atom. The highest BCUT2D eigenvalue weighted by Crippen LogP contribution is 2.37. The summed E-state index contributed by atoms with van der Waals surface area (Å²) >= 11 is 6.34. The maximum Gasteiger partial charge on any atom is 0.257 e. The first-order valence-electron chi connectivity index (χ1n) is 10.2. The highest BCUT2D eigenvalue weighted by molar-refractivity contribution is 6.35. The molecular weight excluding hydrogens is 392 g/mol. The minimum Gasteiger partial charge on any atom is -0.475 e. The monoisotopic (exact) mass is 416 g/mol. The number of nitrogens with zero attached hydrogens (tertiary/aromatic N) is 5. The Labute approximate surface area is 174 Å². The smallest absolute Gasteiger partial charge is 0.257 e. The molecule has 0 radical (unpaired) electrons. The predicted octanol–water partition coefficient (Wildman–Crippen LogP) is 4.25. The van der Waals surface area contributed by atoms with E-state index in [1.165, 1.54) is 0 Å². The molecule has 1 N–H and O–H groups in total. The van der Waals surface area contributed by atoms with E-state index in [1.54, 1.807) is 13.3 Å². The van der Waals surface area contributed by atoms with Gasteiger partial charge in [0.25, 0.3) is 5.88 Å². The van der Waals surface area contributed by atoms with Crippen molar-refractivity contribution in [1.82, 2.24) is 24.3 Å². The number of halogens is 1. The second-order valence-corrected chi connectivity index (χ2v) is 8.21. The van der Waals surface area contributed by atoms with Crippen LogP contribution >= 0.6 is 11.6 Å². The normalized spacial score (nSPS) is 22.0. The first kappa shape index (κ1) is 18.7. The van der Waals surface area contributed by atoms with Crippen molar-refractivity contribution in [3.8, 4) is 5.88 Å². The summed E-state index contributed by atoms with van der Waals surface area (Å²) in [4.78, 5) is 9.17. The van der Waals surface area contributed by atoms with Gasteiger partial charge in [-0.25, -0.2) is 4.98 Å². The molecule has 8 nitrogen and oxygen atoms in total. The number of fused-ring (bicyclic) bond motifs is 2. The van der Waals surface area contributed by atoms with E-state index in [2.05, 4.69) is 26.5 Å². The van der Waals surface area contributed by atoms with Gasteiger partial charge >= 0.3 is 0 Å². The molecule has 9 heteroatoms. The first-order chi connectivity index (χ1) is 14.1. The summed E-state index contributed by atoms with van der Waals surface area (Å²) in [5.74, 6) is 1.13. The Morgan fingerprint density at radius 2 is 2.10 bits per heavy atom. The summed E-state index contributed by atoms with van der Waals surface area (Å²) in [5.41, 5.74) is 2.71. The Kier molecular flexibility index (Phi) is 4.83. The highest BCUT2D eigenvalue weighted by Gasteiger charge is 2.27. The van der Waals surface area contributed by atoms with Gasteiger partial charge in [0, 0.05) is 26.0 Å². The molecule has 1 fully saturated rings. The van der Waals surface area contributed by atoms with Crippen molar-refractivity contribution in [3.05, 3.63) is 23.1 Å². The zero-order chi connectivity index (χ0) is 20.0. The van der Waals surface area contributed by atoms with Crippen molar-refractivity contribution in [3.63, 3.8) is 0 Å². The maximum absolute atomic E-state index is 6.34. The minimum absolute atomic E-state index is 0.353. The minimum atomic E-state index is 0.353. The summed E-state index contributed by atoms with van der Waals surface area (Å²) in [6.45, 7) is 3.42. The second-order valence-electron chi connectivity index (χ2n) is 7.80. The molecule has 0 unspecified atom stereocenters. The number of ether oxygens (including phenoxy) is 2. The fourth-order valence-electron chi connectivity index (χ4n) is 4.39. The summed E-state index contributed by atoms with van der Waals surface area (Å²) in [6, 6.07) is 0.353. The van der Waals surface area contributed by atoms with Gasteiger partial charge in [-0.15, -0.1) is 5.10 Å². The third-order valence-electron chi connectivity index (χ3n) is 6.03. The number of aryl methyl sites for hydroxylation is 1. The molecule has 3 aromatic heterocycles. The van der Waals surface area contributed by atoms with Crippen molar-refractivity contribution < 1.29 is 9.47 Å².